The van der Waals surface area contributed by atoms with E-state index in [1.807, 2.05) is 24.5 Å². The second-order valence-electron chi connectivity index (χ2n) is 14.2. The summed E-state index contributed by atoms with van der Waals surface area (Å²) in [6.07, 6.45) is 6.13. The molecule has 0 spiro atoms. The Kier molecular flexibility index (Phi) is 15.0. The van der Waals surface area contributed by atoms with Crippen LogP contribution in [0.25, 0.3) is 22.5 Å². The number of aryl methyl sites for hydroxylation is 2. The third-order valence-electron chi connectivity index (χ3n) is 7.12. The fourth-order valence-corrected chi connectivity index (χ4v) is 8.27. The van der Waals surface area contributed by atoms with E-state index in [-0.39, 0.29) is 43.8 Å². The van der Waals surface area contributed by atoms with Crippen LogP contribution in [0.3, 0.4) is 0 Å². The van der Waals surface area contributed by atoms with E-state index in [1.54, 1.807) is 30.3 Å². The third-order valence-corrected chi connectivity index (χ3v) is 11.3. The van der Waals surface area contributed by atoms with Crippen LogP contribution >= 0.6 is 0 Å². The summed E-state index contributed by atoms with van der Waals surface area (Å²) in [4.78, 5) is 9.31. The molecule has 2 nitrogen and oxygen atoms in total. The molecular formula is C41H67IrN2Si2-. The van der Waals surface area contributed by atoms with E-state index in [1.165, 1.54) is 21.5 Å². The summed E-state index contributed by atoms with van der Waals surface area (Å²) in [7, 11) is -2.89. The standard InChI is InChI=1S/C19H27NSi.C19H26NSi.3CH4.Ir.H2/c2*1-14(2)11-17-12-18(16-9-7-15(3)8-10-16)20-13-19(17)21(4,5)6;;;;;/h7-10,12-14H,11H2,1-6H3;7-9,12-14H,11H2,1-6H3;3*1H4;;1H/q;-1;;;;;/i2*3D3;;;;;. The van der Waals surface area contributed by atoms with Gasteiger partial charge in [-0.2, -0.15) is 0 Å². The molecular weight excluding hydrogens is 769 g/mol. The molecule has 0 fully saturated rings. The Bertz CT molecular complexity index is 1530. The average molecular weight is 842 g/mol. The predicted molar refractivity (Wildman–Crippen MR) is 213 cm³/mol. The van der Waals surface area contributed by atoms with E-state index >= 15 is 0 Å². The molecule has 0 N–H and O–H groups in total. The Labute approximate surface area is 310 Å². The predicted octanol–water partition coefficient (Wildman–Crippen LogP) is 11.6. The number of nitrogens with zero attached hydrogens (tertiary/aromatic N) is 2. The molecule has 0 aliphatic carbocycles. The van der Waals surface area contributed by atoms with Crippen LogP contribution in [0.5, 0.6) is 0 Å². The summed E-state index contributed by atoms with van der Waals surface area (Å²) in [5.41, 5.74) is 7.02. The van der Waals surface area contributed by atoms with Crippen molar-refractivity contribution in [2.75, 3.05) is 0 Å². The zero-order valence-corrected chi connectivity index (χ0v) is 32.0. The maximum atomic E-state index is 7.48. The molecule has 0 unspecified atom stereocenters. The second kappa shape index (κ2) is 19.6. The fraction of sp³-hybridized carbons (Fsp3) is 0.463. The molecule has 2 aromatic heterocycles. The second-order valence-corrected chi connectivity index (χ2v) is 24.3. The maximum Gasteiger partial charge on any atom is 0.0799 e. The van der Waals surface area contributed by atoms with Gasteiger partial charge in [0.2, 0.25) is 0 Å². The quantitative estimate of drug-likeness (QED) is 0.130. The van der Waals surface area contributed by atoms with Gasteiger partial charge in [-0.1, -0.05) is 138 Å². The Morgan fingerprint density at radius 3 is 1.50 bits per heavy atom. The van der Waals surface area contributed by atoms with Crippen LogP contribution in [0.2, 0.25) is 39.3 Å². The van der Waals surface area contributed by atoms with Gasteiger partial charge in [0.25, 0.3) is 0 Å². The van der Waals surface area contributed by atoms with Crippen molar-refractivity contribution in [1.29, 1.82) is 0 Å². The number of aromatic nitrogens is 2. The van der Waals surface area contributed by atoms with Gasteiger partial charge in [-0.05, 0) is 59.2 Å². The molecule has 1 radical (unpaired) electrons. The van der Waals surface area contributed by atoms with Crippen LogP contribution in [-0.2, 0) is 32.9 Å². The Balaban J connectivity index is -0.000000862. The molecule has 2 aromatic carbocycles. The first-order valence-corrected chi connectivity index (χ1v) is 22.1. The molecule has 46 heavy (non-hydrogen) atoms. The van der Waals surface area contributed by atoms with Crippen molar-refractivity contribution in [3.8, 4) is 22.5 Å². The fourth-order valence-electron chi connectivity index (χ4n) is 5.09. The molecule has 2 heterocycles. The van der Waals surface area contributed by atoms with Gasteiger partial charge in [-0.15, -0.1) is 35.4 Å². The smallest absolute Gasteiger partial charge is 0.0799 e. The van der Waals surface area contributed by atoms with E-state index in [0.29, 0.717) is 23.0 Å². The average Bonchev–Trinajstić information content (AvgIpc) is 2.95. The molecule has 4 rings (SSSR count). The SMILES string of the molecule is C.C.C.[2H]C([2H])([2H])c1c[c-]c(-c2cc(CC(C)C)c([Si](C)(C)C)cn2)cc1.[2H]C([2H])([2H])c1ccc(-c2cc(CC(C)C)c([Si](C)(C)C)cn2)cc1.[HH].[Ir]. The van der Waals surface area contributed by atoms with Gasteiger partial charge >= 0.3 is 0 Å². The molecule has 0 bridgehead atoms. The third kappa shape index (κ3) is 13.5. The molecule has 0 saturated heterocycles. The van der Waals surface area contributed by atoms with Gasteiger partial charge in [-0.25, -0.2) is 0 Å². The normalized spacial score (nSPS) is 13.4. The number of benzene rings is 2. The minimum Gasteiger partial charge on any atom is -0.305 e. The van der Waals surface area contributed by atoms with Crippen molar-refractivity contribution in [3.63, 3.8) is 0 Å². The van der Waals surface area contributed by atoms with Crippen molar-refractivity contribution in [3.05, 3.63) is 95.3 Å². The zero-order chi connectivity index (χ0) is 36.2. The van der Waals surface area contributed by atoms with Gasteiger partial charge in [0.1, 0.15) is 0 Å². The summed E-state index contributed by atoms with van der Waals surface area (Å²) in [5.74, 6) is 1.17. The molecule has 5 heteroatoms. The number of hydrogen-bond acceptors (Lipinski definition) is 2. The van der Waals surface area contributed by atoms with E-state index < -0.39 is 29.9 Å². The van der Waals surface area contributed by atoms with Crippen LogP contribution in [0.4, 0.5) is 0 Å². The summed E-state index contributed by atoms with van der Waals surface area (Å²) in [6, 6.07) is 19.5. The number of hydrogen-bond donors (Lipinski definition) is 0. The molecule has 0 atom stereocenters. The van der Waals surface area contributed by atoms with Gasteiger partial charge < -0.3 is 4.98 Å². The van der Waals surface area contributed by atoms with Crippen molar-refractivity contribution >= 4 is 26.5 Å². The molecule has 4 aromatic rings. The minimum absolute atomic E-state index is 0. The van der Waals surface area contributed by atoms with Crippen molar-refractivity contribution in [1.82, 2.24) is 9.97 Å². The van der Waals surface area contributed by atoms with E-state index in [0.717, 1.165) is 35.4 Å². The Morgan fingerprint density at radius 1 is 0.674 bits per heavy atom. The van der Waals surface area contributed by atoms with Crippen LogP contribution in [0.15, 0.2) is 67.0 Å². The van der Waals surface area contributed by atoms with Crippen LogP contribution < -0.4 is 10.4 Å². The van der Waals surface area contributed by atoms with Gasteiger partial charge in [-0.3, -0.25) is 4.98 Å². The monoisotopic (exact) mass is 842 g/mol. The molecule has 0 amide bonds. The van der Waals surface area contributed by atoms with Crippen molar-refractivity contribution in [2.45, 2.75) is 116 Å². The summed E-state index contributed by atoms with van der Waals surface area (Å²) >= 11 is 0. The Morgan fingerprint density at radius 2 is 1.11 bits per heavy atom. The minimum atomic E-state index is -2.09. The van der Waals surface area contributed by atoms with E-state index in [2.05, 4.69) is 95.1 Å². The Hall–Kier alpha value is -2.18. The van der Waals surface area contributed by atoms with Gasteiger partial charge in [0.15, 0.2) is 0 Å². The first kappa shape index (κ1) is 35.1. The summed E-state index contributed by atoms with van der Waals surface area (Å²) in [6.45, 7) is 18.8. The molecule has 0 aliphatic rings. The summed E-state index contributed by atoms with van der Waals surface area (Å²) < 4.78 is 44.8. The van der Waals surface area contributed by atoms with Crippen LogP contribution in [0, 0.1) is 31.6 Å². The molecule has 259 valence electrons. The van der Waals surface area contributed by atoms with Crippen LogP contribution in [0.1, 0.15) is 81.9 Å². The van der Waals surface area contributed by atoms with E-state index in [4.69, 9.17) is 8.22 Å². The van der Waals surface area contributed by atoms with E-state index in [9.17, 15) is 0 Å². The van der Waals surface area contributed by atoms with Crippen LogP contribution in [-0.4, -0.2) is 26.1 Å². The first-order chi connectivity index (χ1) is 22.0. The van der Waals surface area contributed by atoms with Crippen molar-refractivity contribution < 1.29 is 29.8 Å². The first-order valence-electron chi connectivity index (χ1n) is 18.1. The molecule has 0 saturated carbocycles. The largest absolute Gasteiger partial charge is 0.305 e. The summed E-state index contributed by atoms with van der Waals surface area (Å²) in [5, 5.41) is 2.82. The maximum absolute atomic E-state index is 7.48. The van der Waals surface area contributed by atoms with Gasteiger partial charge in [0.05, 0.1) is 21.8 Å². The number of rotatable bonds is 8. The zero-order valence-electron chi connectivity index (χ0n) is 33.6. The van der Waals surface area contributed by atoms with Crippen molar-refractivity contribution in [2.24, 2.45) is 11.8 Å². The van der Waals surface area contributed by atoms with Gasteiger partial charge in [0, 0.05) is 47.7 Å². The number of pyridine rings is 2. The topological polar surface area (TPSA) is 25.8 Å². The molecule has 0 aliphatic heterocycles.